The van der Waals surface area contributed by atoms with Gasteiger partial charge >= 0.3 is 5.97 Å². The number of amides is 1. The van der Waals surface area contributed by atoms with Crippen molar-refractivity contribution in [3.63, 3.8) is 0 Å². The molecule has 5 nitrogen and oxygen atoms in total. The molecule has 2 aromatic rings. The van der Waals surface area contributed by atoms with Crippen molar-refractivity contribution in [3.05, 3.63) is 44.3 Å². The van der Waals surface area contributed by atoms with Gasteiger partial charge in [0.1, 0.15) is 4.88 Å². The third-order valence-electron chi connectivity index (χ3n) is 2.43. The van der Waals surface area contributed by atoms with E-state index in [4.69, 9.17) is 5.11 Å². The first kappa shape index (κ1) is 13.7. The first-order valence-corrected chi connectivity index (χ1v) is 6.91. The molecule has 2 N–H and O–H groups in total. The third-order valence-corrected chi connectivity index (χ3v) is 4.02. The molecule has 1 aromatic heterocycles. The number of aromatic nitrogens is 1. The summed E-state index contributed by atoms with van der Waals surface area (Å²) in [5, 5.41) is 11.7. The van der Waals surface area contributed by atoms with Gasteiger partial charge in [0.05, 0.1) is 22.5 Å². The number of thiazole rings is 1. The molecule has 0 aliphatic heterocycles. The van der Waals surface area contributed by atoms with Gasteiger partial charge in [-0.3, -0.25) is 4.79 Å². The summed E-state index contributed by atoms with van der Waals surface area (Å²) in [5.41, 5.74) is 2.46. The fraction of sp³-hybridized carbons (Fsp3) is 0.0833. The second-order valence-corrected chi connectivity index (χ2v) is 5.40. The number of para-hydroxylation sites is 1. The van der Waals surface area contributed by atoms with Gasteiger partial charge in [-0.25, -0.2) is 9.78 Å². The summed E-state index contributed by atoms with van der Waals surface area (Å²) in [7, 11) is 0. The monoisotopic (exact) mass is 340 g/mol. The second-order valence-electron chi connectivity index (χ2n) is 3.69. The highest BCUT2D eigenvalue weighted by atomic mass is 79.9. The van der Waals surface area contributed by atoms with E-state index in [1.807, 2.05) is 0 Å². The molecule has 1 heterocycles. The van der Waals surface area contributed by atoms with E-state index in [0.717, 1.165) is 0 Å². The number of carboxylic acid groups (broad SMARTS) is 1. The van der Waals surface area contributed by atoms with Crippen LogP contribution in [0.5, 0.6) is 0 Å². The van der Waals surface area contributed by atoms with Gasteiger partial charge in [0, 0.05) is 4.47 Å². The van der Waals surface area contributed by atoms with Crippen molar-refractivity contribution < 1.29 is 14.7 Å². The Morgan fingerprint density at radius 2 is 2.16 bits per heavy atom. The number of carbonyl (C=O) groups excluding carboxylic acids is 1. The van der Waals surface area contributed by atoms with E-state index < -0.39 is 5.97 Å². The average molecular weight is 341 g/mol. The van der Waals surface area contributed by atoms with E-state index in [1.165, 1.54) is 17.4 Å². The molecule has 98 valence electrons. The summed E-state index contributed by atoms with van der Waals surface area (Å²) >= 11 is 4.45. The van der Waals surface area contributed by atoms with Crippen molar-refractivity contribution >= 4 is 44.8 Å². The summed E-state index contributed by atoms with van der Waals surface area (Å²) in [5.74, 6) is -1.47. The van der Waals surface area contributed by atoms with E-state index >= 15 is 0 Å². The highest BCUT2D eigenvalue weighted by Crippen LogP contribution is 2.27. The molecule has 0 aliphatic rings. The van der Waals surface area contributed by atoms with Crippen LogP contribution in [0, 0.1) is 6.92 Å². The van der Waals surface area contributed by atoms with Crippen LogP contribution in [0.2, 0.25) is 0 Å². The number of halogens is 1. The molecule has 0 saturated heterocycles. The maximum Gasteiger partial charge on any atom is 0.337 e. The van der Waals surface area contributed by atoms with Crippen LogP contribution in [-0.2, 0) is 0 Å². The highest BCUT2D eigenvalue weighted by Gasteiger charge is 2.18. The number of carboxylic acids is 1. The SMILES string of the molecule is Cc1ncsc1C(=O)Nc1c(Br)cccc1C(=O)O. The zero-order chi connectivity index (χ0) is 14.0. The number of hydrogen-bond acceptors (Lipinski definition) is 4. The van der Waals surface area contributed by atoms with Crippen LogP contribution in [0.3, 0.4) is 0 Å². The second kappa shape index (κ2) is 5.50. The van der Waals surface area contributed by atoms with Crippen molar-refractivity contribution in [2.24, 2.45) is 0 Å². The van der Waals surface area contributed by atoms with Crippen LogP contribution in [0.4, 0.5) is 5.69 Å². The number of anilines is 1. The minimum atomic E-state index is -1.10. The molecule has 7 heteroatoms. The van der Waals surface area contributed by atoms with E-state index in [2.05, 4.69) is 26.2 Å². The number of aryl methyl sites for hydroxylation is 1. The zero-order valence-electron chi connectivity index (χ0n) is 9.81. The maximum absolute atomic E-state index is 12.1. The molecular formula is C12H9BrN2O3S. The highest BCUT2D eigenvalue weighted by molar-refractivity contribution is 9.10. The van der Waals surface area contributed by atoms with Gasteiger partial charge in [-0.15, -0.1) is 11.3 Å². The molecule has 0 atom stereocenters. The van der Waals surface area contributed by atoms with E-state index in [-0.39, 0.29) is 17.2 Å². The molecule has 0 spiro atoms. The molecular weight excluding hydrogens is 332 g/mol. The maximum atomic E-state index is 12.1. The number of carbonyl (C=O) groups is 2. The van der Waals surface area contributed by atoms with Gasteiger partial charge in [-0.05, 0) is 35.0 Å². The Bertz CT molecular complexity index is 654. The predicted octanol–water partition coefficient (Wildman–Crippen LogP) is 3.16. The number of hydrogen-bond donors (Lipinski definition) is 2. The minimum absolute atomic E-state index is 0.0323. The standard InChI is InChI=1S/C12H9BrN2O3S/c1-6-10(19-5-14-6)11(16)15-9-7(12(17)18)3-2-4-8(9)13/h2-5H,1H3,(H,15,16)(H,17,18). The lowest BCUT2D eigenvalue weighted by Gasteiger charge is -2.09. The lowest BCUT2D eigenvalue weighted by molar-refractivity contribution is 0.0698. The largest absolute Gasteiger partial charge is 0.478 e. The normalized spacial score (nSPS) is 10.2. The van der Waals surface area contributed by atoms with Crippen LogP contribution in [0.1, 0.15) is 25.7 Å². The van der Waals surface area contributed by atoms with Crippen molar-refractivity contribution in [1.29, 1.82) is 0 Å². The molecule has 0 radical (unpaired) electrons. The van der Waals surface area contributed by atoms with Gasteiger partial charge < -0.3 is 10.4 Å². The molecule has 0 fully saturated rings. The Kier molecular flexibility index (Phi) is 3.96. The Balaban J connectivity index is 2.36. The van der Waals surface area contributed by atoms with Crippen LogP contribution in [-0.4, -0.2) is 22.0 Å². The van der Waals surface area contributed by atoms with Crippen LogP contribution in [0.15, 0.2) is 28.2 Å². The number of benzene rings is 1. The van der Waals surface area contributed by atoms with Gasteiger partial charge in [0.2, 0.25) is 0 Å². The van der Waals surface area contributed by atoms with Gasteiger partial charge in [0.25, 0.3) is 5.91 Å². The Morgan fingerprint density at radius 1 is 1.42 bits per heavy atom. The summed E-state index contributed by atoms with van der Waals surface area (Å²) in [6.45, 7) is 1.73. The molecule has 0 aliphatic carbocycles. The first-order valence-electron chi connectivity index (χ1n) is 5.24. The third kappa shape index (κ3) is 2.82. The van der Waals surface area contributed by atoms with Crippen molar-refractivity contribution in [3.8, 4) is 0 Å². The topological polar surface area (TPSA) is 79.3 Å². The van der Waals surface area contributed by atoms with E-state index in [1.54, 1.807) is 24.6 Å². The van der Waals surface area contributed by atoms with Crippen molar-refractivity contribution in [1.82, 2.24) is 4.98 Å². The molecule has 2 rings (SSSR count). The van der Waals surface area contributed by atoms with Gasteiger partial charge in [-0.1, -0.05) is 6.07 Å². The fourth-order valence-corrected chi connectivity index (χ4v) is 2.68. The molecule has 1 amide bonds. The summed E-state index contributed by atoms with van der Waals surface area (Å²) in [4.78, 5) is 27.6. The predicted molar refractivity (Wildman–Crippen MR) is 75.9 cm³/mol. The van der Waals surface area contributed by atoms with Gasteiger partial charge in [-0.2, -0.15) is 0 Å². The molecule has 0 unspecified atom stereocenters. The average Bonchev–Trinajstić information content (AvgIpc) is 2.77. The Hall–Kier alpha value is -1.73. The quantitative estimate of drug-likeness (QED) is 0.899. The lowest BCUT2D eigenvalue weighted by atomic mass is 10.2. The molecule has 0 bridgehead atoms. The summed E-state index contributed by atoms with van der Waals surface area (Å²) < 4.78 is 0.517. The number of nitrogens with one attached hydrogen (secondary N) is 1. The van der Waals surface area contributed by atoms with Crippen LogP contribution < -0.4 is 5.32 Å². The zero-order valence-corrected chi connectivity index (χ0v) is 12.2. The lowest BCUT2D eigenvalue weighted by Crippen LogP contribution is -2.15. The van der Waals surface area contributed by atoms with Crippen LogP contribution in [0.25, 0.3) is 0 Å². The minimum Gasteiger partial charge on any atom is -0.478 e. The first-order chi connectivity index (χ1) is 9.00. The summed E-state index contributed by atoms with van der Waals surface area (Å²) in [6, 6.07) is 4.70. The summed E-state index contributed by atoms with van der Waals surface area (Å²) in [6.07, 6.45) is 0. The van der Waals surface area contributed by atoms with E-state index in [9.17, 15) is 9.59 Å². The number of rotatable bonds is 3. The molecule has 1 aromatic carbocycles. The molecule has 19 heavy (non-hydrogen) atoms. The number of nitrogens with zero attached hydrogens (tertiary/aromatic N) is 1. The fourth-order valence-electron chi connectivity index (χ4n) is 1.52. The van der Waals surface area contributed by atoms with Crippen LogP contribution >= 0.6 is 27.3 Å². The number of aromatic carboxylic acids is 1. The van der Waals surface area contributed by atoms with Gasteiger partial charge in [0.15, 0.2) is 0 Å². The smallest absolute Gasteiger partial charge is 0.337 e. The Labute approximate surface area is 121 Å². The van der Waals surface area contributed by atoms with E-state index in [0.29, 0.717) is 15.0 Å². The molecule has 0 saturated carbocycles. The Morgan fingerprint density at radius 3 is 2.74 bits per heavy atom. The van der Waals surface area contributed by atoms with Crippen molar-refractivity contribution in [2.45, 2.75) is 6.92 Å². The van der Waals surface area contributed by atoms with Crippen molar-refractivity contribution in [2.75, 3.05) is 5.32 Å².